The Bertz CT molecular complexity index is 371. The highest BCUT2D eigenvalue weighted by atomic mass is 19.1. The van der Waals surface area contributed by atoms with Gasteiger partial charge in [-0.3, -0.25) is 4.79 Å². The molecule has 2 nitrogen and oxygen atoms in total. The number of benzene rings is 1. The minimum atomic E-state index is -0.657. The third-order valence-corrected chi connectivity index (χ3v) is 2.39. The Hall–Kier alpha value is -1.29. The van der Waals surface area contributed by atoms with Gasteiger partial charge in [0.25, 0.3) is 0 Å². The van der Waals surface area contributed by atoms with Gasteiger partial charge in [-0.25, -0.2) is 8.78 Å². The molecule has 1 aromatic carbocycles. The van der Waals surface area contributed by atoms with E-state index in [9.17, 15) is 13.6 Å². The zero-order valence-corrected chi connectivity index (χ0v) is 10.1. The molecule has 0 aromatic heterocycles. The quantitative estimate of drug-likeness (QED) is 0.829. The van der Waals surface area contributed by atoms with Crippen LogP contribution in [0.25, 0.3) is 0 Å². The number of hydrogen-bond donors (Lipinski definition) is 1. The summed E-state index contributed by atoms with van der Waals surface area (Å²) in [5.41, 5.74) is -0.137. The summed E-state index contributed by atoms with van der Waals surface area (Å²) >= 11 is 0. The molecule has 0 fully saturated rings. The normalized spacial score (nSPS) is 10.9. The molecular formula is C13H17F2NO. The van der Waals surface area contributed by atoms with Crippen LogP contribution in [0.3, 0.4) is 0 Å². The molecular weight excluding hydrogens is 224 g/mol. The Morgan fingerprint density at radius 3 is 2.41 bits per heavy atom. The van der Waals surface area contributed by atoms with Gasteiger partial charge in [0.05, 0.1) is 0 Å². The fraction of sp³-hybridized carbons (Fsp3) is 0.462. The number of rotatable bonds is 6. The van der Waals surface area contributed by atoms with Crippen molar-refractivity contribution in [2.45, 2.75) is 32.7 Å². The van der Waals surface area contributed by atoms with Crippen molar-refractivity contribution in [2.24, 2.45) is 0 Å². The number of ketones is 1. The lowest BCUT2D eigenvalue weighted by Crippen LogP contribution is -2.25. The number of carbonyl (C=O) groups excluding carboxylic acids is 1. The maximum absolute atomic E-state index is 13.3. The fourth-order valence-electron chi connectivity index (χ4n) is 1.49. The van der Waals surface area contributed by atoms with E-state index < -0.39 is 11.6 Å². The first kappa shape index (κ1) is 13.8. The summed E-state index contributed by atoms with van der Waals surface area (Å²) in [5, 5.41) is 3.08. The van der Waals surface area contributed by atoms with Gasteiger partial charge < -0.3 is 5.32 Å². The SMILES string of the molecule is CC(C)NCCC(=O)Cc1c(F)cccc1F. The van der Waals surface area contributed by atoms with Crippen LogP contribution in [0.15, 0.2) is 18.2 Å². The van der Waals surface area contributed by atoms with Gasteiger partial charge in [-0.1, -0.05) is 19.9 Å². The molecule has 4 heteroatoms. The number of nitrogens with one attached hydrogen (secondary N) is 1. The van der Waals surface area contributed by atoms with Crippen molar-refractivity contribution in [3.63, 3.8) is 0 Å². The van der Waals surface area contributed by atoms with Gasteiger partial charge >= 0.3 is 0 Å². The average Bonchev–Trinajstić information content (AvgIpc) is 2.23. The van der Waals surface area contributed by atoms with Gasteiger partial charge in [-0.15, -0.1) is 0 Å². The van der Waals surface area contributed by atoms with E-state index in [-0.39, 0.29) is 24.2 Å². The lowest BCUT2D eigenvalue weighted by Gasteiger charge is -2.07. The van der Waals surface area contributed by atoms with Crippen LogP contribution in [0.4, 0.5) is 8.78 Å². The van der Waals surface area contributed by atoms with E-state index >= 15 is 0 Å². The standard InChI is InChI=1S/C13H17F2NO/c1-9(2)16-7-6-10(17)8-11-12(14)4-3-5-13(11)15/h3-5,9,16H,6-8H2,1-2H3. The fourth-order valence-corrected chi connectivity index (χ4v) is 1.49. The maximum atomic E-state index is 13.3. The number of Topliss-reactive ketones (excluding diaryl/α,β-unsaturated/α-hetero) is 1. The molecule has 1 rings (SSSR count). The topological polar surface area (TPSA) is 29.1 Å². The van der Waals surface area contributed by atoms with Crippen molar-refractivity contribution in [1.29, 1.82) is 0 Å². The third kappa shape index (κ3) is 4.61. The molecule has 0 aliphatic heterocycles. The first-order chi connectivity index (χ1) is 8.00. The predicted molar refractivity (Wildman–Crippen MR) is 62.8 cm³/mol. The van der Waals surface area contributed by atoms with E-state index in [0.717, 1.165) is 12.1 Å². The van der Waals surface area contributed by atoms with Crippen LogP contribution in [-0.2, 0) is 11.2 Å². The molecule has 1 aromatic rings. The molecule has 0 aliphatic carbocycles. The summed E-state index contributed by atoms with van der Waals surface area (Å²) in [6, 6.07) is 3.92. The lowest BCUT2D eigenvalue weighted by molar-refractivity contribution is -0.118. The first-order valence-electron chi connectivity index (χ1n) is 5.68. The largest absolute Gasteiger partial charge is 0.314 e. The summed E-state index contributed by atoms with van der Waals surface area (Å²) in [6.45, 7) is 4.48. The Labute approximate surface area is 100 Å². The molecule has 0 saturated heterocycles. The van der Waals surface area contributed by atoms with Gasteiger partial charge in [-0.2, -0.15) is 0 Å². The second-order valence-corrected chi connectivity index (χ2v) is 4.27. The Morgan fingerprint density at radius 1 is 1.29 bits per heavy atom. The Morgan fingerprint density at radius 2 is 1.88 bits per heavy atom. The molecule has 0 amide bonds. The molecule has 0 atom stereocenters. The van der Waals surface area contributed by atoms with Crippen molar-refractivity contribution in [3.05, 3.63) is 35.4 Å². The maximum Gasteiger partial charge on any atom is 0.138 e. The molecule has 1 N–H and O–H groups in total. The molecule has 0 bridgehead atoms. The summed E-state index contributed by atoms with van der Waals surface area (Å²) in [5.74, 6) is -1.48. The van der Waals surface area contributed by atoms with Crippen molar-refractivity contribution in [3.8, 4) is 0 Å². The molecule has 0 unspecified atom stereocenters. The first-order valence-corrected chi connectivity index (χ1v) is 5.68. The summed E-state index contributed by atoms with van der Waals surface area (Å²) in [7, 11) is 0. The van der Waals surface area contributed by atoms with Crippen LogP contribution in [0.2, 0.25) is 0 Å². The minimum absolute atomic E-state index is 0.137. The summed E-state index contributed by atoms with van der Waals surface area (Å²) in [4.78, 5) is 11.5. The van der Waals surface area contributed by atoms with E-state index in [1.165, 1.54) is 6.07 Å². The number of hydrogen-bond acceptors (Lipinski definition) is 2. The van der Waals surface area contributed by atoms with Gasteiger partial charge in [-0.05, 0) is 12.1 Å². The number of halogens is 2. The third-order valence-electron chi connectivity index (χ3n) is 2.39. The van der Waals surface area contributed by atoms with Crippen LogP contribution in [-0.4, -0.2) is 18.4 Å². The van der Waals surface area contributed by atoms with Gasteiger partial charge in [0.15, 0.2) is 0 Å². The highest BCUT2D eigenvalue weighted by Gasteiger charge is 2.12. The second-order valence-electron chi connectivity index (χ2n) is 4.27. The predicted octanol–water partition coefficient (Wildman–Crippen LogP) is 2.46. The zero-order chi connectivity index (χ0) is 12.8. The van der Waals surface area contributed by atoms with Crippen LogP contribution in [0.1, 0.15) is 25.8 Å². The molecule has 0 heterocycles. The average molecular weight is 241 g/mol. The van der Waals surface area contributed by atoms with E-state index in [4.69, 9.17) is 0 Å². The molecule has 0 aliphatic rings. The smallest absolute Gasteiger partial charge is 0.138 e. The monoisotopic (exact) mass is 241 g/mol. The summed E-state index contributed by atoms with van der Waals surface area (Å²) in [6.07, 6.45) is 0.101. The molecule has 0 saturated carbocycles. The van der Waals surface area contributed by atoms with E-state index in [2.05, 4.69) is 5.32 Å². The van der Waals surface area contributed by atoms with Crippen LogP contribution in [0.5, 0.6) is 0 Å². The van der Waals surface area contributed by atoms with Crippen molar-refractivity contribution in [2.75, 3.05) is 6.54 Å². The van der Waals surface area contributed by atoms with Crippen molar-refractivity contribution < 1.29 is 13.6 Å². The van der Waals surface area contributed by atoms with Gasteiger partial charge in [0.1, 0.15) is 17.4 Å². The van der Waals surface area contributed by atoms with E-state index in [1.54, 1.807) is 0 Å². The van der Waals surface area contributed by atoms with Crippen molar-refractivity contribution in [1.82, 2.24) is 5.32 Å². The van der Waals surface area contributed by atoms with Crippen molar-refractivity contribution >= 4 is 5.78 Å². The molecule has 0 spiro atoms. The number of carbonyl (C=O) groups is 1. The van der Waals surface area contributed by atoms with E-state index in [1.807, 2.05) is 13.8 Å². The van der Waals surface area contributed by atoms with Crippen LogP contribution >= 0.6 is 0 Å². The summed E-state index contributed by atoms with van der Waals surface area (Å²) < 4.78 is 26.5. The second kappa shape index (κ2) is 6.45. The minimum Gasteiger partial charge on any atom is -0.314 e. The highest BCUT2D eigenvalue weighted by Crippen LogP contribution is 2.13. The molecule has 94 valence electrons. The zero-order valence-electron chi connectivity index (χ0n) is 10.1. The highest BCUT2D eigenvalue weighted by molar-refractivity contribution is 5.81. The van der Waals surface area contributed by atoms with Gasteiger partial charge in [0, 0.05) is 31.0 Å². The van der Waals surface area contributed by atoms with E-state index in [0.29, 0.717) is 12.6 Å². The Kier molecular flexibility index (Phi) is 5.22. The van der Waals surface area contributed by atoms with Crippen LogP contribution < -0.4 is 5.32 Å². The lowest BCUT2D eigenvalue weighted by atomic mass is 10.1. The Balaban J connectivity index is 2.51. The molecule has 0 radical (unpaired) electrons. The molecule has 17 heavy (non-hydrogen) atoms. The van der Waals surface area contributed by atoms with Gasteiger partial charge in [0.2, 0.25) is 0 Å². The van der Waals surface area contributed by atoms with Crippen LogP contribution in [0, 0.1) is 11.6 Å².